The lowest BCUT2D eigenvalue weighted by atomic mass is 10.2. The summed E-state index contributed by atoms with van der Waals surface area (Å²) in [5.74, 6) is -0.212. The molecule has 9 heteroatoms. The minimum absolute atomic E-state index is 0.000934. The topological polar surface area (TPSA) is 100.0 Å². The Morgan fingerprint density at radius 3 is 2.43 bits per heavy atom. The maximum atomic E-state index is 12.2. The Morgan fingerprint density at radius 1 is 1.33 bits per heavy atom. The van der Waals surface area contributed by atoms with Gasteiger partial charge in [-0.25, -0.2) is 17.9 Å². The van der Waals surface area contributed by atoms with Gasteiger partial charge in [0.25, 0.3) is 0 Å². The molecule has 2 aromatic rings. The molecule has 112 valence electrons. The number of sulfone groups is 1. The third-order valence-electron chi connectivity index (χ3n) is 2.96. The van der Waals surface area contributed by atoms with Gasteiger partial charge < -0.3 is 5.73 Å². The zero-order valence-electron chi connectivity index (χ0n) is 11.3. The van der Waals surface area contributed by atoms with Crippen LogP contribution in [-0.2, 0) is 23.4 Å². The minimum Gasteiger partial charge on any atom is -0.389 e. The molecule has 0 unspecified atom stereocenters. The van der Waals surface area contributed by atoms with Crippen LogP contribution in [0.25, 0.3) is 0 Å². The Bertz CT molecular complexity index is 819. The molecule has 0 fully saturated rings. The van der Waals surface area contributed by atoms with Gasteiger partial charge in [-0.1, -0.05) is 24.4 Å². The van der Waals surface area contributed by atoms with Crippen molar-refractivity contribution >= 4 is 27.0 Å². The van der Waals surface area contributed by atoms with Gasteiger partial charge in [0.2, 0.25) is 0 Å². The second kappa shape index (κ2) is 5.78. The van der Waals surface area contributed by atoms with Gasteiger partial charge in [-0.2, -0.15) is 5.10 Å². The highest BCUT2D eigenvalue weighted by Crippen LogP contribution is 2.12. The summed E-state index contributed by atoms with van der Waals surface area (Å²) in [5, 5.41) is 3.82. The lowest BCUT2D eigenvalue weighted by Crippen LogP contribution is -2.26. The van der Waals surface area contributed by atoms with E-state index in [0.29, 0.717) is 5.56 Å². The molecule has 0 saturated carbocycles. The molecule has 1 aromatic carbocycles. The van der Waals surface area contributed by atoms with Crippen LogP contribution >= 0.6 is 12.2 Å². The second-order valence-electron chi connectivity index (χ2n) is 4.46. The molecule has 0 saturated heterocycles. The first-order valence-electron chi connectivity index (χ1n) is 6.02. The van der Waals surface area contributed by atoms with E-state index in [1.165, 1.54) is 23.0 Å². The first kappa shape index (κ1) is 15.4. The van der Waals surface area contributed by atoms with E-state index in [0.717, 1.165) is 4.68 Å². The summed E-state index contributed by atoms with van der Waals surface area (Å²) in [6.45, 7) is -0.000934. The van der Waals surface area contributed by atoms with Gasteiger partial charge in [-0.15, -0.1) is 0 Å². The summed E-state index contributed by atoms with van der Waals surface area (Å²) >= 11 is 4.81. The van der Waals surface area contributed by atoms with E-state index in [-0.39, 0.29) is 27.9 Å². The summed E-state index contributed by atoms with van der Waals surface area (Å²) in [4.78, 5) is 11.9. The summed E-state index contributed by atoms with van der Waals surface area (Å²) in [6.07, 6.45) is 1.34. The molecular weight excluding hydrogens is 312 g/mol. The zero-order chi connectivity index (χ0) is 15.6. The predicted octanol–water partition coefficient (Wildman–Crippen LogP) is -0.310. The lowest BCUT2D eigenvalue weighted by Gasteiger charge is -2.05. The molecule has 0 aliphatic heterocycles. The molecule has 0 radical (unpaired) electrons. The number of aromatic nitrogens is 3. The molecule has 0 amide bonds. The number of aryl methyl sites for hydroxylation is 2. The van der Waals surface area contributed by atoms with Crippen molar-refractivity contribution in [3.63, 3.8) is 0 Å². The van der Waals surface area contributed by atoms with Gasteiger partial charge in [-0.3, -0.25) is 4.57 Å². The fraction of sp³-hybridized carbons (Fsp3) is 0.250. The predicted molar refractivity (Wildman–Crippen MR) is 81.9 cm³/mol. The third kappa shape index (κ3) is 3.37. The number of hydrogen-bond acceptors (Lipinski definition) is 5. The van der Waals surface area contributed by atoms with Crippen molar-refractivity contribution in [2.75, 3.05) is 5.75 Å². The van der Waals surface area contributed by atoms with Crippen molar-refractivity contribution in [3.8, 4) is 0 Å². The summed E-state index contributed by atoms with van der Waals surface area (Å²) in [7, 11) is -1.95. The number of benzene rings is 1. The highest BCUT2D eigenvalue weighted by atomic mass is 32.2. The van der Waals surface area contributed by atoms with Crippen LogP contribution in [0.15, 0.2) is 40.3 Å². The molecule has 0 spiro atoms. The van der Waals surface area contributed by atoms with Crippen molar-refractivity contribution in [2.45, 2.75) is 11.4 Å². The van der Waals surface area contributed by atoms with E-state index in [2.05, 4.69) is 5.10 Å². The Balaban J connectivity index is 2.16. The highest BCUT2D eigenvalue weighted by Gasteiger charge is 2.16. The monoisotopic (exact) mass is 326 g/mol. The van der Waals surface area contributed by atoms with Crippen molar-refractivity contribution in [1.82, 2.24) is 14.3 Å². The van der Waals surface area contributed by atoms with Gasteiger partial charge in [0, 0.05) is 12.6 Å². The van der Waals surface area contributed by atoms with Crippen LogP contribution in [0.3, 0.4) is 0 Å². The van der Waals surface area contributed by atoms with Crippen LogP contribution in [0.1, 0.15) is 5.56 Å². The number of rotatable bonds is 5. The van der Waals surface area contributed by atoms with Crippen molar-refractivity contribution in [3.05, 3.63) is 46.6 Å². The number of nitrogens with two attached hydrogens (primary N) is 1. The molecule has 0 bridgehead atoms. The molecule has 0 aliphatic carbocycles. The van der Waals surface area contributed by atoms with Crippen molar-refractivity contribution in [2.24, 2.45) is 12.8 Å². The minimum atomic E-state index is -3.50. The highest BCUT2D eigenvalue weighted by molar-refractivity contribution is 7.91. The largest absolute Gasteiger partial charge is 0.389 e. The summed E-state index contributed by atoms with van der Waals surface area (Å²) < 4.78 is 26.8. The van der Waals surface area contributed by atoms with E-state index >= 15 is 0 Å². The summed E-state index contributed by atoms with van der Waals surface area (Å²) in [6, 6.07) is 6.01. The number of thiocarbonyl (C=S) groups is 1. The Morgan fingerprint density at radius 2 is 1.95 bits per heavy atom. The fourth-order valence-electron chi connectivity index (χ4n) is 1.73. The van der Waals surface area contributed by atoms with E-state index in [1.807, 2.05) is 0 Å². The molecule has 1 heterocycles. The Hall–Kier alpha value is -2.00. The van der Waals surface area contributed by atoms with E-state index in [4.69, 9.17) is 18.0 Å². The smallest absolute Gasteiger partial charge is 0.345 e. The second-order valence-corrected chi connectivity index (χ2v) is 7.00. The standard InChI is InChI=1S/C12H14N4O3S2/c1-15-8-14-16(12(15)17)6-7-21(18,19)10-4-2-9(3-5-10)11(13)20/h2-5,8H,6-7H2,1H3,(H2,13,20). The van der Waals surface area contributed by atoms with Gasteiger partial charge in [0.15, 0.2) is 9.84 Å². The first-order chi connectivity index (χ1) is 9.81. The maximum absolute atomic E-state index is 12.2. The number of nitrogens with zero attached hydrogens (tertiary/aromatic N) is 3. The fourth-order valence-corrected chi connectivity index (χ4v) is 3.06. The van der Waals surface area contributed by atoms with Gasteiger partial charge in [0.05, 0.1) is 17.2 Å². The molecule has 7 nitrogen and oxygen atoms in total. The lowest BCUT2D eigenvalue weighted by molar-refractivity contribution is 0.573. The maximum Gasteiger partial charge on any atom is 0.345 e. The van der Waals surface area contributed by atoms with Crippen LogP contribution in [-0.4, -0.2) is 33.5 Å². The van der Waals surface area contributed by atoms with Crippen LogP contribution < -0.4 is 11.4 Å². The molecule has 0 atom stereocenters. The van der Waals surface area contributed by atoms with E-state index < -0.39 is 9.84 Å². The molecule has 1 aromatic heterocycles. The van der Waals surface area contributed by atoms with Gasteiger partial charge in [-0.05, 0) is 12.1 Å². The quantitative estimate of drug-likeness (QED) is 0.757. The Kier molecular flexibility index (Phi) is 4.24. The van der Waals surface area contributed by atoms with Crippen molar-refractivity contribution < 1.29 is 8.42 Å². The van der Waals surface area contributed by atoms with E-state index in [1.54, 1.807) is 19.2 Å². The normalized spacial score (nSPS) is 11.5. The average Bonchev–Trinajstić information content (AvgIpc) is 2.77. The molecule has 0 aliphatic rings. The average molecular weight is 326 g/mol. The van der Waals surface area contributed by atoms with Crippen LogP contribution in [0.4, 0.5) is 0 Å². The first-order valence-corrected chi connectivity index (χ1v) is 8.08. The van der Waals surface area contributed by atoms with Crippen LogP contribution in [0.2, 0.25) is 0 Å². The summed E-state index contributed by atoms with van der Waals surface area (Å²) in [5.41, 5.74) is 5.71. The molecule has 2 rings (SSSR count). The zero-order valence-corrected chi connectivity index (χ0v) is 12.9. The Labute approximate surface area is 126 Å². The van der Waals surface area contributed by atoms with Gasteiger partial charge in [0.1, 0.15) is 11.3 Å². The van der Waals surface area contributed by atoms with E-state index in [9.17, 15) is 13.2 Å². The molecule has 2 N–H and O–H groups in total. The third-order valence-corrected chi connectivity index (χ3v) is 4.90. The molecular formula is C12H14N4O3S2. The SMILES string of the molecule is Cn1cnn(CCS(=O)(=O)c2ccc(C(N)=S)cc2)c1=O. The van der Waals surface area contributed by atoms with Crippen molar-refractivity contribution in [1.29, 1.82) is 0 Å². The van der Waals surface area contributed by atoms with Crippen LogP contribution in [0, 0.1) is 0 Å². The number of hydrogen-bond donors (Lipinski definition) is 1. The molecule has 21 heavy (non-hydrogen) atoms. The van der Waals surface area contributed by atoms with Crippen LogP contribution in [0.5, 0.6) is 0 Å². The van der Waals surface area contributed by atoms with Gasteiger partial charge >= 0.3 is 5.69 Å².